The second-order valence-corrected chi connectivity index (χ2v) is 8.13. The van der Waals surface area contributed by atoms with Gasteiger partial charge in [-0.3, -0.25) is 4.79 Å². The summed E-state index contributed by atoms with van der Waals surface area (Å²) in [7, 11) is -3.59. The lowest BCUT2D eigenvalue weighted by molar-refractivity contribution is 0.0950. The van der Waals surface area contributed by atoms with E-state index < -0.39 is 10.0 Å². The number of fused-ring (bicyclic) bond motifs is 1. The molecule has 1 aliphatic heterocycles. The zero-order chi connectivity index (χ0) is 18.7. The van der Waals surface area contributed by atoms with Crippen molar-refractivity contribution < 1.29 is 13.2 Å². The minimum Gasteiger partial charge on any atom is -0.348 e. The van der Waals surface area contributed by atoms with Gasteiger partial charge in [-0.15, -0.1) is 12.4 Å². The molecule has 1 heterocycles. The fraction of sp³-hybridized carbons (Fsp3) is 0.316. The quantitative estimate of drug-likeness (QED) is 0.682. The van der Waals surface area contributed by atoms with E-state index in [1.165, 1.54) is 23.3 Å². The average molecular weight is 410 g/mol. The predicted molar refractivity (Wildman–Crippen MR) is 107 cm³/mol. The first-order valence-corrected chi connectivity index (χ1v) is 10.1. The van der Waals surface area contributed by atoms with Crippen molar-refractivity contribution >= 4 is 28.3 Å². The molecule has 0 saturated carbocycles. The van der Waals surface area contributed by atoms with Gasteiger partial charge in [0.1, 0.15) is 0 Å². The number of benzene rings is 2. The minimum atomic E-state index is -3.59. The summed E-state index contributed by atoms with van der Waals surface area (Å²) in [5.41, 5.74) is 4.67. The fourth-order valence-corrected chi connectivity index (χ4v) is 4.09. The van der Waals surface area contributed by atoms with E-state index in [2.05, 4.69) is 27.5 Å². The number of nitrogens with one attached hydrogen (secondary N) is 3. The van der Waals surface area contributed by atoms with Gasteiger partial charge in [0.25, 0.3) is 5.91 Å². The Labute approximate surface area is 166 Å². The molecule has 0 fully saturated rings. The Bertz CT molecular complexity index is 945. The molecule has 8 heteroatoms. The minimum absolute atomic E-state index is 0. The van der Waals surface area contributed by atoms with E-state index in [1.54, 1.807) is 19.9 Å². The molecule has 1 amide bonds. The second-order valence-electron chi connectivity index (χ2n) is 6.37. The van der Waals surface area contributed by atoms with Crippen molar-refractivity contribution in [3.05, 3.63) is 64.2 Å². The van der Waals surface area contributed by atoms with Crippen LogP contribution in [0.5, 0.6) is 0 Å². The SMILES string of the molecule is CCNS(=O)(=O)c1ccc(C)c(C(=O)NCc2ccc3c(c2)CNC3)c1.Cl. The summed E-state index contributed by atoms with van der Waals surface area (Å²) in [5, 5.41) is 6.18. The molecule has 0 atom stereocenters. The van der Waals surface area contributed by atoms with Crippen molar-refractivity contribution in [3.8, 4) is 0 Å². The molecule has 1 aliphatic rings. The number of rotatable bonds is 6. The Morgan fingerprint density at radius 1 is 1.11 bits per heavy atom. The summed E-state index contributed by atoms with van der Waals surface area (Å²) in [4.78, 5) is 12.7. The van der Waals surface area contributed by atoms with Crippen LogP contribution in [0, 0.1) is 6.92 Å². The molecule has 0 aliphatic carbocycles. The number of sulfonamides is 1. The lowest BCUT2D eigenvalue weighted by Crippen LogP contribution is -2.26. The molecule has 0 unspecified atom stereocenters. The number of hydrogen-bond acceptors (Lipinski definition) is 4. The summed E-state index contributed by atoms with van der Waals surface area (Å²) in [6.07, 6.45) is 0. The van der Waals surface area contributed by atoms with E-state index in [0.29, 0.717) is 18.7 Å². The Morgan fingerprint density at radius 2 is 1.85 bits per heavy atom. The maximum Gasteiger partial charge on any atom is 0.251 e. The summed E-state index contributed by atoms with van der Waals surface area (Å²) < 4.78 is 26.8. The van der Waals surface area contributed by atoms with E-state index >= 15 is 0 Å². The Morgan fingerprint density at radius 3 is 2.59 bits per heavy atom. The Hall–Kier alpha value is -1.93. The fourth-order valence-electron chi connectivity index (χ4n) is 3.02. The maximum absolute atomic E-state index is 12.6. The topological polar surface area (TPSA) is 87.3 Å². The number of carbonyl (C=O) groups excluding carboxylic acids is 1. The van der Waals surface area contributed by atoms with Crippen molar-refractivity contribution in [1.29, 1.82) is 0 Å². The zero-order valence-corrected chi connectivity index (χ0v) is 17.0. The van der Waals surface area contributed by atoms with E-state index in [0.717, 1.165) is 24.2 Å². The van der Waals surface area contributed by atoms with Crippen LogP contribution in [0.25, 0.3) is 0 Å². The van der Waals surface area contributed by atoms with Gasteiger partial charge in [-0.05, 0) is 41.3 Å². The molecule has 2 aromatic carbocycles. The zero-order valence-electron chi connectivity index (χ0n) is 15.3. The van der Waals surface area contributed by atoms with Crippen molar-refractivity contribution in [2.45, 2.75) is 38.4 Å². The van der Waals surface area contributed by atoms with Gasteiger partial charge in [-0.2, -0.15) is 0 Å². The molecule has 0 saturated heterocycles. The summed E-state index contributed by atoms with van der Waals surface area (Å²) in [6, 6.07) is 10.8. The van der Waals surface area contributed by atoms with Crippen molar-refractivity contribution in [2.75, 3.05) is 6.54 Å². The van der Waals surface area contributed by atoms with Crippen molar-refractivity contribution in [3.63, 3.8) is 0 Å². The van der Waals surface area contributed by atoms with Crippen LogP contribution < -0.4 is 15.4 Å². The summed E-state index contributed by atoms with van der Waals surface area (Å²) in [6.45, 7) is 5.93. The highest BCUT2D eigenvalue weighted by Gasteiger charge is 2.17. The molecule has 0 radical (unpaired) electrons. The van der Waals surface area contributed by atoms with Crippen molar-refractivity contribution in [2.24, 2.45) is 0 Å². The van der Waals surface area contributed by atoms with Gasteiger partial charge in [-0.25, -0.2) is 13.1 Å². The summed E-state index contributed by atoms with van der Waals surface area (Å²) in [5.74, 6) is -0.283. The third-order valence-corrected chi connectivity index (χ3v) is 6.00. The molecular weight excluding hydrogens is 386 g/mol. The van der Waals surface area contributed by atoms with Crippen LogP contribution in [0.15, 0.2) is 41.3 Å². The average Bonchev–Trinajstić information content (AvgIpc) is 3.07. The first-order valence-electron chi connectivity index (χ1n) is 8.60. The largest absolute Gasteiger partial charge is 0.348 e. The van der Waals surface area contributed by atoms with Gasteiger partial charge in [-0.1, -0.05) is 31.2 Å². The lowest BCUT2D eigenvalue weighted by Gasteiger charge is -2.11. The van der Waals surface area contributed by atoms with Crippen LogP contribution in [-0.4, -0.2) is 20.9 Å². The van der Waals surface area contributed by atoms with E-state index in [9.17, 15) is 13.2 Å². The third-order valence-electron chi connectivity index (χ3n) is 4.45. The first kappa shape index (κ1) is 21.4. The van der Waals surface area contributed by atoms with Crippen LogP contribution in [0.2, 0.25) is 0 Å². The normalized spacial score (nSPS) is 13.0. The first-order chi connectivity index (χ1) is 12.4. The van der Waals surface area contributed by atoms with E-state index in [4.69, 9.17) is 0 Å². The molecule has 2 aromatic rings. The van der Waals surface area contributed by atoms with Crippen LogP contribution in [-0.2, 0) is 29.7 Å². The highest BCUT2D eigenvalue weighted by molar-refractivity contribution is 7.89. The smallest absolute Gasteiger partial charge is 0.251 e. The molecule has 3 rings (SSSR count). The number of halogens is 1. The van der Waals surface area contributed by atoms with Gasteiger partial charge in [0.15, 0.2) is 0 Å². The van der Waals surface area contributed by atoms with Gasteiger partial charge >= 0.3 is 0 Å². The summed E-state index contributed by atoms with van der Waals surface area (Å²) >= 11 is 0. The molecule has 0 spiro atoms. The monoisotopic (exact) mass is 409 g/mol. The van der Waals surface area contributed by atoms with Crippen LogP contribution >= 0.6 is 12.4 Å². The van der Waals surface area contributed by atoms with E-state index in [1.807, 2.05) is 6.07 Å². The van der Waals surface area contributed by atoms with Crippen LogP contribution in [0.3, 0.4) is 0 Å². The van der Waals surface area contributed by atoms with Gasteiger partial charge < -0.3 is 10.6 Å². The predicted octanol–water partition coefficient (Wildman–Crippen LogP) is 2.25. The Kier molecular flexibility index (Phi) is 7.00. The molecule has 3 N–H and O–H groups in total. The number of amides is 1. The standard InChI is InChI=1S/C19H23N3O3S.ClH/c1-3-22-26(24,25)17-7-4-13(2)18(9-17)19(23)21-10-14-5-6-15-11-20-12-16(15)8-14;/h4-9,20,22H,3,10-12H2,1-2H3,(H,21,23);1H. The van der Waals surface area contributed by atoms with Crippen LogP contribution in [0.1, 0.15) is 39.5 Å². The number of aryl methyl sites for hydroxylation is 1. The number of hydrogen-bond donors (Lipinski definition) is 3. The molecule has 0 aromatic heterocycles. The van der Waals surface area contributed by atoms with Gasteiger partial charge in [0.2, 0.25) is 10.0 Å². The van der Waals surface area contributed by atoms with Crippen LogP contribution in [0.4, 0.5) is 0 Å². The lowest BCUT2D eigenvalue weighted by atomic mass is 10.1. The van der Waals surface area contributed by atoms with Crippen molar-refractivity contribution in [1.82, 2.24) is 15.4 Å². The van der Waals surface area contributed by atoms with E-state index in [-0.39, 0.29) is 23.2 Å². The number of carbonyl (C=O) groups is 1. The highest BCUT2D eigenvalue weighted by atomic mass is 35.5. The maximum atomic E-state index is 12.6. The molecule has 146 valence electrons. The van der Waals surface area contributed by atoms with Gasteiger partial charge in [0, 0.05) is 31.7 Å². The Balaban J connectivity index is 0.00000261. The molecular formula is C19H24ClN3O3S. The molecule has 27 heavy (non-hydrogen) atoms. The second kappa shape index (κ2) is 8.84. The highest BCUT2D eigenvalue weighted by Crippen LogP contribution is 2.18. The molecule has 6 nitrogen and oxygen atoms in total. The van der Waals surface area contributed by atoms with Gasteiger partial charge in [0.05, 0.1) is 4.90 Å². The third kappa shape index (κ3) is 4.87. The molecule has 0 bridgehead atoms.